The predicted octanol–water partition coefficient (Wildman–Crippen LogP) is 3.46. The third-order valence-electron chi connectivity index (χ3n) is 3.31. The fourth-order valence-corrected chi connectivity index (χ4v) is 3.35. The Morgan fingerprint density at radius 1 is 1.14 bits per heavy atom. The molecule has 1 atom stereocenters. The maximum atomic E-state index is 5.80. The Kier molecular flexibility index (Phi) is 3.47. The monoisotopic (exact) mass is 299 g/mol. The van der Waals surface area contributed by atoms with Gasteiger partial charge in [-0.1, -0.05) is 12.1 Å². The van der Waals surface area contributed by atoms with Crippen LogP contribution in [0, 0.1) is 13.8 Å². The van der Waals surface area contributed by atoms with Gasteiger partial charge in [-0.25, -0.2) is 9.97 Å². The van der Waals surface area contributed by atoms with Gasteiger partial charge < -0.3 is 11.1 Å². The highest BCUT2D eigenvalue weighted by molar-refractivity contribution is 7.11. The summed E-state index contributed by atoms with van der Waals surface area (Å²) in [6, 6.07) is 7.97. The van der Waals surface area contributed by atoms with E-state index in [-0.39, 0.29) is 12.0 Å². The number of para-hydroxylation sites is 1. The topological polar surface area (TPSA) is 76.7 Å². The van der Waals surface area contributed by atoms with Gasteiger partial charge in [0.15, 0.2) is 0 Å². The minimum absolute atomic E-state index is 0.119. The lowest BCUT2D eigenvalue weighted by molar-refractivity contribution is 0.882. The SMILES string of the molecule is Cc1nc(C)c(C(C)Nc2nc(N)nc3ccccc23)s1. The van der Waals surface area contributed by atoms with Crippen LogP contribution in [0.3, 0.4) is 0 Å². The molecule has 0 fully saturated rings. The van der Waals surface area contributed by atoms with E-state index in [1.165, 1.54) is 4.88 Å². The van der Waals surface area contributed by atoms with Crippen molar-refractivity contribution in [3.8, 4) is 0 Å². The second-order valence-corrected chi connectivity index (χ2v) is 6.23. The summed E-state index contributed by atoms with van der Waals surface area (Å²) < 4.78 is 0. The van der Waals surface area contributed by atoms with Crippen molar-refractivity contribution in [1.29, 1.82) is 0 Å². The van der Waals surface area contributed by atoms with E-state index >= 15 is 0 Å². The van der Waals surface area contributed by atoms with E-state index in [9.17, 15) is 0 Å². The molecule has 2 aromatic heterocycles. The Morgan fingerprint density at radius 2 is 1.90 bits per heavy atom. The standard InChI is InChI=1S/C15H17N5S/c1-8-13(21-10(3)17-8)9(2)18-14-11-6-4-5-7-12(11)19-15(16)20-14/h4-7,9H,1-3H3,(H3,16,18,19,20). The van der Waals surface area contributed by atoms with Crippen molar-refractivity contribution in [1.82, 2.24) is 15.0 Å². The molecule has 0 radical (unpaired) electrons. The van der Waals surface area contributed by atoms with Gasteiger partial charge in [-0.05, 0) is 32.9 Å². The molecule has 5 nitrogen and oxygen atoms in total. The fourth-order valence-electron chi connectivity index (χ4n) is 2.42. The van der Waals surface area contributed by atoms with Crippen molar-refractivity contribution in [3.63, 3.8) is 0 Å². The molecule has 1 unspecified atom stereocenters. The lowest BCUT2D eigenvalue weighted by Gasteiger charge is -2.15. The molecule has 108 valence electrons. The van der Waals surface area contributed by atoms with Crippen LogP contribution < -0.4 is 11.1 Å². The van der Waals surface area contributed by atoms with Gasteiger partial charge in [0.2, 0.25) is 5.95 Å². The molecule has 3 aromatic rings. The van der Waals surface area contributed by atoms with Crippen molar-refractivity contribution in [3.05, 3.63) is 39.8 Å². The Labute approximate surface area is 127 Å². The predicted molar refractivity (Wildman–Crippen MR) is 87.6 cm³/mol. The number of aromatic nitrogens is 3. The largest absolute Gasteiger partial charge is 0.368 e. The first-order chi connectivity index (χ1) is 10.0. The van der Waals surface area contributed by atoms with Crippen molar-refractivity contribution >= 4 is 34.0 Å². The average Bonchev–Trinajstić information content (AvgIpc) is 2.77. The van der Waals surface area contributed by atoms with E-state index in [0.29, 0.717) is 0 Å². The maximum absolute atomic E-state index is 5.80. The molecule has 2 heterocycles. The number of nitrogen functional groups attached to an aromatic ring is 1. The van der Waals surface area contributed by atoms with Crippen LogP contribution in [0.15, 0.2) is 24.3 Å². The van der Waals surface area contributed by atoms with E-state index in [4.69, 9.17) is 5.73 Å². The molecule has 3 N–H and O–H groups in total. The van der Waals surface area contributed by atoms with Crippen LogP contribution in [-0.2, 0) is 0 Å². The molecule has 0 saturated carbocycles. The summed E-state index contributed by atoms with van der Waals surface area (Å²) in [5, 5.41) is 5.48. The highest BCUT2D eigenvalue weighted by Crippen LogP contribution is 2.29. The first-order valence-corrected chi connectivity index (χ1v) is 7.59. The minimum atomic E-state index is 0.119. The summed E-state index contributed by atoms with van der Waals surface area (Å²) in [6.07, 6.45) is 0. The van der Waals surface area contributed by atoms with E-state index < -0.39 is 0 Å². The normalized spacial score (nSPS) is 12.5. The number of rotatable bonds is 3. The third-order valence-corrected chi connectivity index (χ3v) is 4.56. The van der Waals surface area contributed by atoms with Gasteiger partial charge in [0, 0.05) is 10.3 Å². The van der Waals surface area contributed by atoms with Crippen LogP contribution in [0.25, 0.3) is 10.9 Å². The molecule has 0 aliphatic rings. The van der Waals surface area contributed by atoms with Gasteiger partial charge in [-0.15, -0.1) is 11.3 Å². The summed E-state index contributed by atoms with van der Waals surface area (Å²) in [5.74, 6) is 1.04. The van der Waals surface area contributed by atoms with Gasteiger partial charge in [-0.2, -0.15) is 4.98 Å². The van der Waals surface area contributed by atoms with Gasteiger partial charge in [0.25, 0.3) is 0 Å². The highest BCUT2D eigenvalue weighted by Gasteiger charge is 2.15. The number of hydrogen-bond acceptors (Lipinski definition) is 6. The van der Waals surface area contributed by atoms with Gasteiger partial charge in [0.05, 0.1) is 22.3 Å². The summed E-state index contributed by atoms with van der Waals surface area (Å²) in [5.41, 5.74) is 7.70. The Balaban J connectivity index is 1.99. The van der Waals surface area contributed by atoms with Crippen LogP contribution in [0.1, 0.15) is 28.5 Å². The van der Waals surface area contributed by atoms with E-state index in [2.05, 4.69) is 27.2 Å². The lowest BCUT2D eigenvalue weighted by atomic mass is 10.2. The number of benzene rings is 1. The molecule has 0 saturated heterocycles. The lowest BCUT2D eigenvalue weighted by Crippen LogP contribution is -2.10. The highest BCUT2D eigenvalue weighted by atomic mass is 32.1. The number of nitrogens with zero attached hydrogens (tertiary/aromatic N) is 3. The molecule has 0 bridgehead atoms. The number of nitrogens with two attached hydrogens (primary N) is 1. The first kappa shape index (κ1) is 13.8. The first-order valence-electron chi connectivity index (χ1n) is 6.77. The van der Waals surface area contributed by atoms with E-state index in [0.717, 1.165) is 27.4 Å². The summed E-state index contributed by atoms with van der Waals surface area (Å²) in [4.78, 5) is 14.3. The van der Waals surface area contributed by atoms with Gasteiger partial charge in [0.1, 0.15) is 5.82 Å². The minimum Gasteiger partial charge on any atom is -0.368 e. The van der Waals surface area contributed by atoms with Crippen LogP contribution >= 0.6 is 11.3 Å². The van der Waals surface area contributed by atoms with Crippen LogP contribution in [-0.4, -0.2) is 15.0 Å². The fraction of sp³-hybridized carbons (Fsp3) is 0.267. The molecule has 0 aliphatic heterocycles. The number of anilines is 2. The summed E-state index contributed by atoms with van der Waals surface area (Å²) >= 11 is 1.70. The zero-order valence-corrected chi connectivity index (χ0v) is 13.0. The average molecular weight is 299 g/mol. The summed E-state index contributed by atoms with van der Waals surface area (Å²) in [6.45, 7) is 6.16. The Bertz CT molecular complexity index is 796. The van der Waals surface area contributed by atoms with Gasteiger partial charge in [-0.3, -0.25) is 0 Å². The second kappa shape index (κ2) is 5.29. The van der Waals surface area contributed by atoms with E-state index in [1.54, 1.807) is 11.3 Å². The molecule has 0 aliphatic carbocycles. The number of fused-ring (bicyclic) bond motifs is 1. The Hall–Kier alpha value is -2.21. The molecular formula is C15H17N5S. The number of aryl methyl sites for hydroxylation is 2. The van der Waals surface area contributed by atoms with Crippen molar-refractivity contribution in [2.24, 2.45) is 0 Å². The van der Waals surface area contributed by atoms with Crippen molar-refractivity contribution < 1.29 is 0 Å². The molecule has 0 spiro atoms. The molecule has 1 aromatic carbocycles. The molecule has 3 rings (SSSR count). The Morgan fingerprint density at radius 3 is 2.62 bits per heavy atom. The summed E-state index contributed by atoms with van der Waals surface area (Å²) in [7, 11) is 0. The molecular weight excluding hydrogens is 282 g/mol. The van der Waals surface area contributed by atoms with Crippen LogP contribution in [0.5, 0.6) is 0 Å². The zero-order chi connectivity index (χ0) is 15.0. The van der Waals surface area contributed by atoms with Crippen LogP contribution in [0.4, 0.5) is 11.8 Å². The number of thiazole rings is 1. The quantitative estimate of drug-likeness (QED) is 0.774. The van der Waals surface area contributed by atoms with Gasteiger partial charge >= 0.3 is 0 Å². The molecule has 21 heavy (non-hydrogen) atoms. The van der Waals surface area contributed by atoms with Crippen molar-refractivity contribution in [2.75, 3.05) is 11.1 Å². The smallest absolute Gasteiger partial charge is 0.222 e. The molecule has 6 heteroatoms. The number of hydrogen-bond donors (Lipinski definition) is 2. The second-order valence-electron chi connectivity index (χ2n) is 5.00. The number of nitrogens with one attached hydrogen (secondary N) is 1. The van der Waals surface area contributed by atoms with E-state index in [1.807, 2.05) is 38.1 Å². The third kappa shape index (κ3) is 2.67. The van der Waals surface area contributed by atoms with Crippen molar-refractivity contribution in [2.45, 2.75) is 26.8 Å². The van der Waals surface area contributed by atoms with Crippen LogP contribution in [0.2, 0.25) is 0 Å². The maximum Gasteiger partial charge on any atom is 0.222 e. The zero-order valence-electron chi connectivity index (χ0n) is 12.2. The molecule has 0 amide bonds.